The van der Waals surface area contributed by atoms with Crippen molar-refractivity contribution in [1.29, 1.82) is 0 Å². The average molecular weight is 667 g/mol. The maximum atomic E-state index is 6.19. The molecule has 0 radical (unpaired) electrons. The van der Waals surface area contributed by atoms with Gasteiger partial charge in [0.15, 0.2) is 6.23 Å². The third-order valence-corrected chi connectivity index (χ3v) is 10.3. The van der Waals surface area contributed by atoms with Gasteiger partial charge in [-0.05, 0) is 87.0 Å². The van der Waals surface area contributed by atoms with Crippen LogP contribution in [0.15, 0.2) is 194 Å². The summed E-state index contributed by atoms with van der Waals surface area (Å²) in [4.78, 5) is 0. The van der Waals surface area contributed by atoms with Crippen LogP contribution in [0, 0.1) is 0 Å². The first-order valence-electron chi connectivity index (χ1n) is 17.8. The standard InChI is InChI=1S/C49H34N2O/c1-2-12-33(13-3-1)34-26-29-38(30-27-34)51-46-20-10-8-18-43(46)44-32-37(28-31-47(44)51)40-15-5-7-17-42(40)41-16-6-4-14-39(41)35-22-24-36(25-23-35)49-50-45-19-9-11-21-48(45)52-49/h1-32,49-50H. The highest BCUT2D eigenvalue weighted by molar-refractivity contribution is 6.11. The van der Waals surface area contributed by atoms with Crippen molar-refractivity contribution in [2.45, 2.75) is 6.23 Å². The minimum Gasteiger partial charge on any atom is -0.464 e. The molecule has 0 spiro atoms. The molecule has 0 amide bonds. The monoisotopic (exact) mass is 666 g/mol. The van der Waals surface area contributed by atoms with Crippen LogP contribution >= 0.6 is 0 Å². The van der Waals surface area contributed by atoms with Crippen LogP contribution in [0.25, 0.3) is 72.0 Å². The molecule has 0 saturated heterocycles. The van der Waals surface area contributed by atoms with Crippen LogP contribution in [0.3, 0.4) is 0 Å². The number of aromatic nitrogens is 1. The summed E-state index contributed by atoms with van der Waals surface area (Å²) in [6.07, 6.45) is -0.197. The largest absolute Gasteiger partial charge is 0.464 e. The molecular weight excluding hydrogens is 633 g/mol. The van der Waals surface area contributed by atoms with E-state index < -0.39 is 0 Å². The van der Waals surface area contributed by atoms with Crippen LogP contribution in [0.1, 0.15) is 11.8 Å². The highest BCUT2D eigenvalue weighted by Gasteiger charge is 2.23. The van der Waals surface area contributed by atoms with Gasteiger partial charge in [-0.1, -0.05) is 152 Å². The molecule has 0 saturated carbocycles. The molecule has 0 fully saturated rings. The van der Waals surface area contributed by atoms with E-state index in [1.165, 1.54) is 66.3 Å². The van der Waals surface area contributed by atoms with Crippen LogP contribution in [0.2, 0.25) is 0 Å². The van der Waals surface area contributed by atoms with E-state index in [2.05, 4.69) is 186 Å². The first-order valence-corrected chi connectivity index (χ1v) is 17.8. The molecule has 1 aliphatic heterocycles. The fourth-order valence-corrected chi connectivity index (χ4v) is 7.77. The zero-order chi connectivity index (χ0) is 34.4. The van der Waals surface area contributed by atoms with Crippen molar-refractivity contribution in [1.82, 2.24) is 4.57 Å². The van der Waals surface area contributed by atoms with Gasteiger partial charge < -0.3 is 14.6 Å². The zero-order valence-corrected chi connectivity index (χ0v) is 28.4. The second-order valence-electron chi connectivity index (χ2n) is 13.3. The molecule has 1 unspecified atom stereocenters. The molecule has 8 aromatic carbocycles. The second kappa shape index (κ2) is 12.5. The lowest BCUT2D eigenvalue weighted by molar-refractivity contribution is 0.260. The highest BCUT2D eigenvalue weighted by Crippen LogP contribution is 2.42. The maximum absolute atomic E-state index is 6.19. The van der Waals surface area contributed by atoms with Crippen molar-refractivity contribution in [3.8, 4) is 55.9 Å². The Labute approximate surface area is 303 Å². The number of ether oxygens (including phenoxy) is 1. The van der Waals surface area contributed by atoms with Gasteiger partial charge in [0.05, 0.1) is 16.7 Å². The number of rotatable bonds is 6. The number of nitrogens with zero attached hydrogens (tertiary/aromatic N) is 1. The third-order valence-electron chi connectivity index (χ3n) is 10.3. The Morgan fingerprint density at radius 2 is 0.962 bits per heavy atom. The van der Waals surface area contributed by atoms with Crippen molar-refractivity contribution in [3.05, 3.63) is 200 Å². The van der Waals surface area contributed by atoms with Crippen LogP contribution in [0.4, 0.5) is 5.69 Å². The predicted octanol–water partition coefficient (Wildman–Crippen LogP) is 13.0. The Kier molecular flexibility index (Phi) is 7.21. The highest BCUT2D eigenvalue weighted by atomic mass is 16.5. The predicted molar refractivity (Wildman–Crippen MR) is 216 cm³/mol. The molecule has 10 rings (SSSR count). The molecule has 2 heterocycles. The van der Waals surface area contributed by atoms with E-state index in [0.29, 0.717) is 0 Å². The summed E-state index contributed by atoms with van der Waals surface area (Å²) in [5.41, 5.74) is 15.3. The number of fused-ring (bicyclic) bond motifs is 4. The summed E-state index contributed by atoms with van der Waals surface area (Å²) in [5.74, 6) is 0.888. The smallest absolute Gasteiger partial charge is 0.196 e. The summed E-state index contributed by atoms with van der Waals surface area (Å²) in [6, 6.07) is 69.5. The Bertz CT molecular complexity index is 2700. The summed E-state index contributed by atoms with van der Waals surface area (Å²) in [7, 11) is 0. The van der Waals surface area contributed by atoms with Crippen molar-refractivity contribution in [2.24, 2.45) is 0 Å². The molecule has 9 aromatic rings. The van der Waals surface area contributed by atoms with Gasteiger partial charge in [0.1, 0.15) is 5.75 Å². The van der Waals surface area contributed by atoms with Crippen LogP contribution in [0.5, 0.6) is 5.75 Å². The van der Waals surface area contributed by atoms with Crippen LogP contribution in [-0.2, 0) is 0 Å². The first kappa shape index (κ1) is 30.0. The van der Waals surface area contributed by atoms with Crippen molar-refractivity contribution < 1.29 is 4.74 Å². The van der Waals surface area contributed by atoms with Gasteiger partial charge in [-0.25, -0.2) is 0 Å². The topological polar surface area (TPSA) is 26.2 Å². The quantitative estimate of drug-likeness (QED) is 0.191. The maximum Gasteiger partial charge on any atom is 0.196 e. The van der Waals surface area contributed by atoms with Gasteiger partial charge in [0.25, 0.3) is 0 Å². The SMILES string of the molecule is c1ccc(-c2ccc(-n3c4ccccc4c4cc(-c5ccccc5-c5ccccc5-c5ccc(C6Nc7ccccc7O6)cc5)ccc43)cc2)cc1. The summed E-state index contributed by atoms with van der Waals surface area (Å²) in [6.45, 7) is 0. The lowest BCUT2D eigenvalue weighted by atomic mass is 9.89. The number of hydrogen-bond acceptors (Lipinski definition) is 2. The first-order chi connectivity index (χ1) is 25.8. The average Bonchev–Trinajstić information content (AvgIpc) is 3.81. The number of nitrogens with one attached hydrogen (secondary N) is 1. The zero-order valence-electron chi connectivity index (χ0n) is 28.4. The minimum atomic E-state index is -0.197. The fraction of sp³-hybridized carbons (Fsp3) is 0.0204. The van der Waals surface area contributed by atoms with Crippen molar-refractivity contribution >= 4 is 27.5 Å². The molecule has 0 bridgehead atoms. The van der Waals surface area contributed by atoms with Gasteiger partial charge >= 0.3 is 0 Å². The molecule has 1 aromatic heterocycles. The van der Waals surface area contributed by atoms with Gasteiger partial charge in [0, 0.05) is 22.0 Å². The molecule has 3 nitrogen and oxygen atoms in total. The van der Waals surface area contributed by atoms with Gasteiger partial charge in [0.2, 0.25) is 0 Å². The number of benzene rings is 8. The van der Waals surface area contributed by atoms with E-state index in [9.17, 15) is 0 Å². The Hall–Kier alpha value is -6.84. The van der Waals surface area contributed by atoms with Gasteiger partial charge in [-0.2, -0.15) is 0 Å². The van der Waals surface area contributed by atoms with Crippen molar-refractivity contribution in [3.63, 3.8) is 0 Å². The van der Waals surface area contributed by atoms with E-state index in [1.807, 2.05) is 18.2 Å². The summed E-state index contributed by atoms with van der Waals surface area (Å²) >= 11 is 0. The Morgan fingerprint density at radius 1 is 0.404 bits per heavy atom. The third kappa shape index (κ3) is 5.14. The molecule has 246 valence electrons. The van der Waals surface area contributed by atoms with Gasteiger partial charge in [-0.15, -0.1) is 0 Å². The number of hydrogen-bond donors (Lipinski definition) is 1. The Balaban J connectivity index is 1.03. The second-order valence-corrected chi connectivity index (χ2v) is 13.3. The molecule has 3 heteroatoms. The number of para-hydroxylation sites is 3. The lowest BCUT2D eigenvalue weighted by Gasteiger charge is -2.16. The van der Waals surface area contributed by atoms with E-state index in [0.717, 1.165) is 22.7 Å². The minimum absolute atomic E-state index is 0.197. The van der Waals surface area contributed by atoms with E-state index in [4.69, 9.17) is 4.74 Å². The lowest BCUT2D eigenvalue weighted by Crippen LogP contribution is -2.09. The van der Waals surface area contributed by atoms with E-state index in [1.54, 1.807) is 0 Å². The van der Waals surface area contributed by atoms with E-state index in [-0.39, 0.29) is 6.23 Å². The van der Waals surface area contributed by atoms with E-state index >= 15 is 0 Å². The molecule has 52 heavy (non-hydrogen) atoms. The normalized spacial score (nSPS) is 13.5. The summed E-state index contributed by atoms with van der Waals surface area (Å²) in [5, 5.41) is 5.98. The number of anilines is 1. The fourth-order valence-electron chi connectivity index (χ4n) is 7.77. The van der Waals surface area contributed by atoms with Crippen LogP contribution in [-0.4, -0.2) is 4.57 Å². The molecule has 0 aliphatic carbocycles. The molecule has 1 atom stereocenters. The molecular formula is C49H34N2O. The summed E-state index contributed by atoms with van der Waals surface area (Å²) < 4.78 is 8.58. The molecule has 1 aliphatic rings. The molecule has 1 N–H and O–H groups in total. The van der Waals surface area contributed by atoms with Crippen LogP contribution < -0.4 is 10.1 Å². The van der Waals surface area contributed by atoms with Crippen molar-refractivity contribution in [2.75, 3.05) is 5.32 Å². The Morgan fingerprint density at radius 3 is 1.71 bits per heavy atom. The van der Waals surface area contributed by atoms with Gasteiger partial charge in [-0.3, -0.25) is 0 Å².